The van der Waals surface area contributed by atoms with Gasteiger partial charge in [-0.05, 0) is 29.6 Å². The van der Waals surface area contributed by atoms with E-state index in [0.29, 0.717) is 10.8 Å². The third kappa shape index (κ3) is 7.81. The minimum atomic E-state index is 0.421. The molecule has 0 aliphatic rings. The number of unbranched alkanes of at least 4 members (excludes halogenated alkanes) is 3. The van der Waals surface area contributed by atoms with Crippen LogP contribution in [0.3, 0.4) is 0 Å². The molecule has 0 radical (unpaired) electrons. The predicted octanol–water partition coefficient (Wildman–Crippen LogP) is 5.29. The molecular weight excluding hydrogens is 208 g/mol. The van der Waals surface area contributed by atoms with Gasteiger partial charge in [-0.15, -0.1) is 0 Å². The maximum Gasteiger partial charge on any atom is 0.0462 e. The second kappa shape index (κ2) is 7.41. The van der Waals surface area contributed by atoms with Crippen LogP contribution in [-0.4, -0.2) is 13.7 Å². The molecule has 0 saturated carbocycles. The summed E-state index contributed by atoms with van der Waals surface area (Å²) in [5, 5.41) is 0. The number of ether oxygens (including phenoxy) is 1. The number of rotatable bonds is 7. The third-order valence-corrected chi connectivity index (χ3v) is 3.68. The van der Waals surface area contributed by atoms with E-state index in [9.17, 15) is 0 Å². The first-order chi connectivity index (χ1) is 7.69. The molecule has 0 fully saturated rings. The van der Waals surface area contributed by atoms with Gasteiger partial charge >= 0.3 is 0 Å². The Morgan fingerprint density at radius 3 is 1.65 bits per heavy atom. The Balaban J connectivity index is 3.95. The molecule has 0 rings (SSSR count). The quantitative estimate of drug-likeness (QED) is 0.551. The molecule has 0 atom stereocenters. The molecule has 0 aromatic rings. The van der Waals surface area contributed by atoms with Crippen molar-refractivity contribution in [3.05, 3.63) is 0 Å². The molecule has 0 spiro atoms. The Labute approximate surface area is 109 Å². The van der Waals surface area contributed by atoms with Gasteiger partial charge in [-0.25, -0.2) is 0 Å². The van der Waals surface area contributed by atoms with Crippen LogP contribution < -0.4 is 0 Å². The molecule has 0 bridgehead atoms. The van der Waals surface area contributed by atoms with Crippen molar-refractivity contribution in [2.45, 2.75) is 73.6 Å². The van der Waals surface area contributed by atoms with Gasteiger partial charge in [0, 0.05) is 13.7 Å². The van der Waals surface area contributed by atoms with Gasteiger partial charge in [0.15, 0.2) is 0 Å². The highest BCUT2D eigenvalue weighted by Gasteiger charge is 2.33. The monoisotopic (exact) mass is 242 g/mol. The van der Waals surface area contributed by atoms with Gasteiger partial charge in [0.1, 0.15) is 0 Å². The summed E-state index contributed by atoms with van der Waals surface area (Å²) in [6.45, 7) is 15.2. The summed E-state index contributed by atoms with van der Waals surface area (Å²) in [6.07, 6.45) is 6.61. The van der Waals surface area contributed by atoms with Gasteiger partial charge in [-0.3, -0.25) is 0 Å². The minimum absolute atomic E-state index is 0.421. The van der Waals surface area contributed by atoms with Crippen LogP contribution in [0.25, 0.3) is 0 Å². The fourth-order valence-electron chi connectivity index (χ4n) is 3.11. The predicted molar refractivity (Wildman–Crippen MR) is 77.4 cm³/mol. The second-order valence-electron chi connectivity index (χ2n) is 7.48. The highest BCUT2D eigenvalue weighted by molar-refractivity contribution is 4.83. The van der Waals surface area contributed by atoms with Crippen molar-refractivity contribution in [3.8, 4) is 0 Å². The van der Waals surface area contributed by atoms with Crippen molar-refractivity contribution in [2.75, 3.05) is 13.7 Å². The molecule has 104 valence electrons. The molecule has 0 saturated heterocycles. The third-order valence-electron chi connectivity index (χ3n) is 3.68. The fourth-order valence-corrected chi connectivity index (χ4v) is 3.11. The molecule has 0 unspecified atom stereocenters. The SMILES string of the molecule is COCCCCCCC(C(C)(C)C)C(C)(C)C. The van der Waals surface area contributed by atoms with Crippen LogP contribution in [0.1, 0.15) is 73.6 Å². The van der Waals surface area contributed by atoms with Crippen LogP contribution in [0.4, 0.5) is 0 Å². The maximum absolute atomic E-state index is 5.08. The van der Waals surface area contributed by atoms with Crippen LogP contribution >= 0.6 is 0 Å². The van der Waals surface area contributed by atoms with Crippen LogP contribution in [0.2, 0.25) is 0 Å². The van der Waals surface area contributed by atoms with Crippen molar-refractivity contribution < 1.29 is 4.74 Å². The van der Waals surface area contributed by atoms with Gasteiger partial charge < -0.3 is 4.74 Å². The molecule has 0 amide bonds. The lowest BCUT2D eigenvalue weighted by molar-refractivity contribution is 0.0896. The van der Waals surface area contributed by atoms with Crippen LogP contribution in [0.5, 0.6) is 0 Å². The van der Waals surface area contributed by atoms with E-state index in [1.54, 1.807) is 7.11 Å². The Hall–Kier alpha value is -0.0400. The van der Waals surface area contributed by atoms with Crippen molar-refractivity contribution >= 4 is 0 Å². The molecule has 0 aromatic carbocycles. The Morgan fingerprint density at radius 1 is 0.765 bits per heavy atom. The highest BCUT2D eigenvalue weighted by atomic mass is 16.5. The summed E-state index contributed by atoms with van der Waals surface area (Å²) in [5.41, 5.74) is 0.843. The van der Waals surface area contributed by atoms with Crippen LogP contribution in [0.15, 0.2) is 0 Å². The van der Waals surface area contributed by atoms with Gasteiger partial charge in [0.2, 0.25) is 0 Å². The van der Waals surface area contributed by atoms with Crippen LogP contribution in [0, 0.1) is 16.7 Å². The average molecular weight is 242 g/mol. The summed E-state index contributed by atoms with van der Waals surface area (Å²) < 4.78 is 5.08. The molecule has 0 N–H and O–H groups in total. The largest absolute Gasteiger partial charge is 0.385 e. The molecule has 1 nitrogen and oxygen atoms in total. The zero-order valence-corrected chi connectivity index (χ0v) is 13.2. The van der Waals surface area contributed by atoms with Crippen molar-refractivity contribution in [2.24, 2.45) is 16.7 Å². The topological polar surface area (TPSA) is 9.23 Å². The van der Waals surface area contributed by atoms with Gasteiger partial charge in [-0.1, -0.05) is 60.8 Å². The summed E-state index contributed by atoms with van der Waals surface area (Å²) in [5.74, 6) is 0.803. The molecule has 0 aliphatic carbocycles. The standard InChI is InChI=1S/C16H34O/c1-15(2,3)14(16(4,5)6)12-10-8-9-11-13-17-7/h14H,8-13H2,1-7H3. The summed E-state index contributed by atoms with van der Waals surface area (Å²) >= 11 is 0. The molecule has 0 aromatic heterocycles. The Bertz CT molecular complexity index is 169. The smallest absolute Gasteiger partial charge is 0.0462 e. The lowest BCUT2D eigenvalue weighted by Gasteiger charge is -2.41. The normalized spacial score (nSPS) is 13.4. The summed E-state index contributed by atoms with van der Waals surface area (Å²) in [7, 11) is 1.79. The van der Waals surface area contributed by atoms with E-state index < -0.39 is 0 Å². The fraction of sp³-hybridized carbons (Fsp3) is 1.00. The van der Waals surface area contributed by atoms with E-state index in [0.717, 1.165) is 12.5 Å². The minimum Gasteiger partial charge on any atom is -0.385 e. The van der Waals surface area contributed by atoms with E-state index in [-0.39, 0.29) is 0 Å². The zero-order valence-electron chi connectivity index (χ0n) is 13.2. The number of methoxy groups -OCH3 is 1. The van der Waals surface area contributed by atoms with Crippen LogP contribution in [-0.2, 0) is 4.74 Å². The molecule has 1 heteroatoms. The van der Waals surface area contributed by atoms with Gasteiger partial charge in [0.25, 0.3) is 0 Å². The summed E-state index contributed by atoms with van der Waals surface area (Å²) in [6, 6.07) is 0. The first-order valence-electron chi connectivity index (χ1n) is 7.18. The molecule has 0 aliphatic heterocycles. The summed E-state index contributed by atoms with van der Waals surface area (Å²) in [4.78, 5) is 0. The Kier molecular flexibility index (Phi) is 7.39. The average Bonchev–Trinajstić information content (AvgIpc) is 2.12. The van der Waals surface area contributed by atoms with E-state index in [1.807, 2.05) is 0 Å². The zero-order chi connectivity index (χ0) is 13.5. The van der Waals surface area contributed by atoms with E-state index in [1.165, 1.54) is 32.1 Å². The van der Waals surface area contributed by atoms with E-state index in [4.69, 9.17) is 4.74 Å². The van der Waals surface area contributed by atoms with E-state index in [2.05, 4.69) is 41.5 Å². The lowest BCUT2D eigenvalue weighted by atomic mass is 9.65. The number of hydrogen-bond acceptors (Lipinski definition) is 1. The molecule has 0 heterocycles. The maximum atomic E-state index is 5.08. The molecular formula is C16H34O. The second-order valence-corrected chi connectivity index (χ2v) is 7.48. The van der Waals surface area contributed by atoms with Gasteiger partial charge in [-0.2, -0.15) is 0 Å². The van der Waals surface area contributed by atoms with Crippen molar-refractivity contribution in [1.82, 2.24) is 0 Å². The number of hydrogen-bond donors (Lipinski definition) is 0. The van der Waals surface area contributed by atoms with Crippen molar-refractivity contribution in [3.63, 3.8) is 0 Å². The molecule has 17 heavy (non-hydrogen) atoms. The van der Waals surface area contributed by atoms with Crippen molar-refractivity contribution in [1.29, 1.82) is 0 Å². The lowest BCUT2D eigenvalue weighted by Crippen LogP contribution is -2.32. The highest BCUT2D eigenvalue weighted by Crippen LogP contribution is 2.42. The van der Waals surface area contributed by atoms with E-state index >= 15 is 0 Å². The van der Waals surface area contributed by atoms with Gasteiger partial charge in [0.05, 0.1) is 0 Å². The Morgan fingerprint density at radius 2 is 1.24 bits per heavy atom. The first-order valence-corrected chi connectivity index (χ1v) is 7.18. The first kappa shape index (κ1) is 17.0.